The van der Waals surface area contributed by atoms with Crippen LogP contribution in [0.2, 0.25) is 0 Å². The van der Waals surface area contributed by atoms with Gasteiger partial charge in [-0.05, 0) is 12.1 Å². The number of aromatic nitrogens is 2. The molecule has 1 N–H and O–H groups in total. The van der Waals surface area contributed by atoms with E-state index in [0.717, 1.165) is 26.3 Å². The molecule has 4 heteroatoms. The number of rotatable bonds is 0. The molecule has 0 saturated carbocycles. The Morgan fingerprint density at radius 2 is 1.58 bits per heavy atom. The molecule has 4 nitrogen and oxygen atoms in total. The van der Waals surface area contributed by atoms with Crippen molar-refractivity contribution in [3.63, 3.8) is 0 Å². The van der Waals surface area contributed by atoms with Gasteiger partial charge in [-0.15, -0.1) is 0 Å². The SMILES string of the molecule is C1COCCN1.c1ccnnc1. The summed E-state index contributed by atoms with van der Waals surface area (Å²) in [5, 5.41) is 10.2. The lowest BCUT2D eigenvalue weighted by Gasteiger charge is -2.10. The van der Waals surface area contributed by atoms with Gasteiger partial charge in [-0.1, -0.05) is 0 Å². The van der Waals surface area contributed by atoms with Crippen molar-refractivity contribution >= 4 is 0 Å². The van der Waals surface area contributed by atoms with Crippen molar-refractivity contribution in [2.24, 2.45) is 0 Å². The number of hydrogen-bond acceptors (Lipinski definition) is 4. The molecule has 0 spiro atoms. The van der Waals surface area contributed by atoms with Gasteiger partial charge in [0.2, 0.25) is 0 Å². The van der Waals surface area contributed by atoms with Gasteiger partial charge in [0.05, 0.1) is 13.2 Å². The molecule has 1 saturated heterocycles. The van der Waals surface area contributed by atoms with E-state index in [0.29, 0.717) is 0 Å². The molecule has 1 fully saturated rings. The summed E-state index contributed by atoms with van der Waals surface area (Å²) in [7, 11) is 0. The van der Waals surface area contributed by atoms with E-state index in [2.05, 4.69) is 15.5 Å². The lowest BCUT2D eigenvalue weighted by atomic mass is 10.5. The first-order valence-electron chi connectivity index (χ1n) is 4.00. The molecule has 2 rings (SSSR count). The Balaban J connectivity index is 0.000000120. The molecule has 2 heterocycles. The fourth-order valence-corrected chi connectivity index (χ4v) is 0.769. The maximum absolute atomic E-state index is 5.01. The quantitative estimate of drug-likeness (QED) is 0.594. The summed E-state index contributed by atoms with van der Waals surface area (Å²) in [5.41, 5.74) is 0. The van der Waals surface area contributed by atoms with Gasteiger partial charge in [-0.2, -0.15) is 10.2 Å². The highest BCUT2D eigenvalue weighted by atomic mass is 16.5. The van der Waals surface area contributed by atoms with Crippen LogP contribution in [0.3, 0.4) is 0 Å². The van der Waals surface area contributed by atoms with Gasteiger partial charge in [0.25, 0.3) is 0 Å². The average Bonchev–Trinajstić information content (AvgIpc) is 2.24. The Morgan fingerprint density at radius 3 is 1.75 bits per heavy atom. The molecule has 0 atom stereocenters. The van der Waals surface area contributed by atoms with Crippen molar-refractivity contribution in [1.29, 1.82) is 0 Å². The van der Waals surface area contributed by atoms with Gasteiger partial charge in [-0.25, -0.2) is 0 Å². The first-order valence-corrected chi connectivity index (χ1v) is 4.00. The minimum Gasteiger partial charge on any atom is -0.379 e. The van der Waals surface area contributed by atoms with E-state index in [1.54, 1.807) is 12.4 Å². The van der Waals surface area contributed by atoms with Crippen LogP contribution in [-0.4, -0.2) is 36.5 Å². The maximum Gasteiger partial charge on any atom is 0.0591 e. The van der Waals surface area contributed by atoms with Gasteiger partial charge in [0.15, 0.2) is 0 Å². The summed E-state index contributed by atoms with van der Waals surface area (Å²) in [4.78, 5) is 0. The Bertz CT molecular complexity index is 139. The number of ether oxygens (including phenoxy) is 1. The highest BCUT2D eigenvalue weighted by Gasteiger charge is 1.92. The second-order valence-electron chi connectivity index (χ2n) is 2.28. The van der Waals surface area contributed by atoms with Crippen LogP contribution in [0.5, 0.6) is 0 Å². The van der Waals surface area contributed by atoms with E-state index in [4.69, 9.17) is 4.74 Å². The Morgan fingerprint density at radius 1 is 1.00 bits per heavy atom. The largest absolute Gasteiger partial charge is 0.379 e. The van der Waals surface area contributed by atoms with Crippen molar-refractivity contribution in [2.75, 3.05) is 26.3 Å². The Kier molecular flexibility index (Phi) is 5.07. The first-order chi connectivity index (χ1) is 6.00. The summed E-state index contributed by atoms with van der Waals surface area (Å²) in [6, 6.07) is 3.65. The summed E-state index contributed by atoms with van der Waals surface area (Å²) in [6.07, 6.45) is 3.28. The predicted octanol–water partition coefficient (Wildman–Crippen LogP) is 0.0828. The first kappa shape index (κ1) is 9.09. The van der Waals surface area contributed by atoms with Crippen LogP contribution in [0.1, 0.15) is 0 Å². The molecular weight excluding hydrogens is 154 g/mol. The van der Waals surface area contributed by atoms with Crippen molar-refractivity contribution in [3.8, 4) is 0 Å². The van der Waals surface area contributed by atoms with Gasteiger partial charge >= 0.3 is 0 Å². The summed E-state index contributed by atoms with van der Waals surface area (Å²) in [5.74, 6) is 0. The fraction of sp³-hybridized carbons (Fsp3) is 0.500. The van der Waals surface area contributed by atoms with Crippen molar-refractivity contribution in [1.82, 2.24) is 15.5 Å². The lowest BCUT2D eigenvalue weighted by Crippen LogP contribution is -2.30. The molecule has 0 bridgehead atoms. The average molecular weight is 167 g/mol. The van der Waals surface area contributed by atoms with Crippen LogP contribution >= 0.6 is 0 Å². The van der Waals surface area contributed by atoms with Crippen LogP contribution in [-0.2, 0) is 4.74 Å². The lowest BCUT2D eigenvalue weighted by molar-refractivity contribution is 0.109. The van der Waals surface area contributed by atoms with Crippen molar-refractivity contribution < 1.29 is 4.74 Å². The third kappa shape index (κ3) is 4.76. The second kappa shape index (κ2) is 6.69. The third-order valence-electron chi connectivity index (χ3n) is 1.33. The van der Waals surface area contributed by atoms with E-state index in [9.17, 15) is 0 Å². The number of nitrogens with one attached hydrogen (secondary N) is 1. The predicted molar refractivity (Wildman–Crippen MR) is 45.7 cm³/mol. The third-order valence-corrected chi connectivity index (χ3v) is 1.33. The van der Waals surface area contributed by atoms with Gasteiger partial charge < -0.3 is 10.1 Å². The molecular formula is C8H13N3O. The standard InChI is InChI=1S/C4H4N2.C4H9NO/c1-2-4-6-5-3-1;1-3-6-4-2-5-1/h1-4H;5H,1-4H2. The zero-order valence-corrected chi connectivity index (χ0v) is 6.94. The molecule has 0 aliphatic carbocycles. The zero-order valence-electron chi connectivity index (χ0n) is 6.94. The molecule has 0 unspecified atom stereocenters. The smallest absolute Gasteiger partial charge is 0.0591 e. The molecule has 1 aromatic heterocycles. The Hall–Kier alpha value is -1.00. The molecule has 1 aromatic rings. The number of nitrogens with zero attached hydrogens (tertiary/aromatic N) is 2. The molecule has 1 aliphatic rings. The minimum atomic E-state index is 0.889. The summed E-state index contributed by atoms with van der Waals surface area (Å²) < 4.78 is 5.01. The van der Waals surface area contributed by atoms with Crippen LogP contribution in [0.4, 0.5) is 0 Å². The van der Waals surface area contributed by atoms with Crippen molar-refractivity contribution in [3.05, 3.63) is 24.5 Å². The molecule has 1 aliphatic heterocycles. The van der Waals surface area contributed by atoms with E-state index in [1.807, 2.05) is 12.1 Å². The van der Waals surface area contributed by atoms with E-state index in [-0.39, 0.29) is 0 Å². The van der Waals surface area contributed by atoms with Crippen LogP contribution in [0.25, 0.3) is 0 Å². The molecule has 12 heavy (non-hydrogen) atoms. The highest BCUT2D eigenvalue weighted by Crippen LogP contribution is 1.76. The van der Waals surface area contributed by atoms with Crippen LogP contribution in [0.15, 0.2) is 24.5 Å². The highest BCUT2D eigenvalue weighted by molar-refractivity contribution is 4.79. The van der Waals surface area contributed by atoms with Gasteiger partial charge in [0, 0.05) is 25.5 Å². The number of morpholine rings is 1. The fourth-order valence-electron chi connectivity index (χ4n) is 0.769. The zero-order chi connectivity index (χ0) is 8.49. The van der Waals surface area contributed by atoms with Gasteiger partial charge in [-0.3, -0.25) is 0 Å². The normalized spacial score (nSPS) is 16.0. The van der Waals surface area contributed by atoms with E-state index in [1.165, 1.54) is 0 Å². The number of hydrogen-bond donors (Lipinski definition) is 1. The molecule has 0 radical (unpaired) electrons. The van der Waals surface area contributed by atoms with Gasteiger partial charge in [0.1, 0.15) is 0 Å². The maximum atomic E-state index is 5.01. The second-order valence-corrected chi connectivity index (χ2v) is 2.28. The van der Waals surface area contributed by atoms with E-state index < -0.39 is 0 Å². The molecule has 66 valence electrons. The van der Waals surface area contributed by atoms with Crippen LogP contribution < -0.4 is 5.32 Å². The topological polar surface area (TPSA) is 47.0 Å². The molecule has 0 aromatic carbocycles. The monoisotopic (exact) mass is 167 g/mol. The minimum absolute atomic E-state index is 0.889. The van der Waals surface area contributed by atoms with E-state index >= 15 is 0 Å². The summed E-state index contributed by atoms with van der Waals surface area (Å²) in [6.45, 7) is 3.83. The Labute approximate surface area is 72.0 Å². The molecule has 0 amide bonds. The van der Waals surface area contributed by atoms with Crippen LogP contribution in [0, 0.1) is 0 Å². The summed E-state index contributed by atoms with van der Waals surface area (Å²) >= 11 is 0. The van der Waals surface area contributed by atoms with Crippen molar-refractivity contribution in [2.45, 2.75) is 0 Å².